The van der Waals surface area contributed by atoms with Gasteiger partial charge in [-0.3, -0.25) is 13.9 Å². The molecule has 3 rings (SSSR count). The SMILES string of the molecule is CC[C@H](C(=O)NCC(C)C)N(Cc1ccc(OC)cc1)C(=O)CN(c1ccc(C(C)C)cc1)S(=O)(=O)c1ccc(C)cc1. The summed E-state index contributed by atoms with van der Waals surface area (Å²) in [6, 6.07) is 20.3. The van der Waals surface area contributed by atoms with Gasteiger partial charge in [0, 0.05) is 13.1 Å². The first-order valence-corrected chi connectivity index (χ1v) is 16.2. The molecule has 0 aliphatic carbocycles. The molecule has 0 aromatic heterocycles. The Morgan fingerprint density at radius 1 is 0.884 bits per heavy atom. The van der Waals surface area contributed by atoms with Gasteiger partial charge in [0.1, 0.15) is 18.3 Å². The van der Waals surface area contributed by atoms with Crippen LogP contribution in [0.2, 0.25) is 0 Å². The summed E-state index contributed by atoms with van der Waals surface area (Å²) >= 11 is 0. The number of methoxy groups -OCH3 is 1. The second-order valence-electron chi connectivity index (χ2n) is 11.5. The lowest BCUT2D eigenvalue weighted by molar-refractivity contribution is -0.140. The van der Waals surface area contributed by atoms with Crippen LogP contribution in [0.3, 0.4) is 0 Å². The number of sulfonamides is 1. The molecule has 0 bridgehead atoms. The van der Waals surface area contributed by atoms with E-state index in [4.69, 9.17) is 4.74 Å². The maximum absolute atomic E-state index is 14.2. The summed E-state index contributed by atoms with van der Waals surface area (Å²) < 4.78 is 34.5. The first-order valence-electron chi connectivity index (χ1n) is 14.8. The number of hydrogen-bond acceptors (Lipinski definition) is 5. The van der Waals surface area contributed by atoms with E-state index in [2.05, 4.69) is 19.2 Å². The molecule has 232 valence electrons. The number of carbonyl (C=O) groups excluding carboxylic acids is 2. The monoisotopic (exact) mass is 607 g/mol. The Balaban J connectivity index is 2.06. The highest BCUT2D eigenvalue weighted by Gasteiger charge is 2.33. The number of carbonyl (C=O) groups is 2. The van der Waals surface area contributed by atoms with Crippen molar-refractivity contribution in [2.45, 2.75) is 71.4 Å². The maximum atomic E-state index is 14.2. The van der Waals surface area contributed by atoms with Gasteiger partial charge in [0.15, 0.2) is 0 Å². The van der Waals surface area contributed by atoms with Crippen LogP contribution in [-0.2, 0) is 26.2 Å². The standard InChI is InChI=1S/C34H45N3O5S/c1-8-32(34(39)35-21-24(2)3)36(22-27-11-17-30(42-7)18-12-27)33(38)23-37(29-15-13-28(14-16-29)25(4)5)43(40,41)31-19-9-26(6)10-20-31/h9-20,24-25,32H,8,21-23H2,1-7H3,(H,35,39)/t32-/m1/s1. The molecule has 1 atom stereocenters. The van der Waals surface area contributed by atoms with E-state index in [-0.39, 0.29) is 29.2 Å². The first-order chi connectivity index (χ1) is 20.4. The lowest BCUT2D eigenvalue weighted by Gasteiger charge is -2.33. The molecule has 0 unspecified atom stereocenters. The van der Waals surface area contributed by atoms with E-state index in [0.717, 1.165) is 21.0 Å². The van der Waals surface area contributed by atoms with Gasteiger partial charge >= 0.3 is 0 Å². The fraction of sp³-hybridized carbons (Fsp3) is 0.412. The van der Waals surface area contributed by atoms with Crippen molar-refractivity contribution in [3.05, 3.63) is 89.5 Å². The highest BCUT2D eigenvalue weighted by Crippen LogP contribution is 2.27. The molecule has 0 heterocycles. The van der Waals surface area contributed by atoms with E-state index in [9.17, 15) is 18.0 Å². The molecule has 43 heavy (non-hydrogen) atoms. The summed E-state index contributed by atoms with van der Waals surface area (Å²) in [6.07, 6.45) is 0.361. The minimum atomic E-state index is -4.12. The molecule has 0 aliphatic heterocycles. The van der Waals surface area contributed by atoms with Crippen LogP contribution in [0.1, 0.15) is 63.6 Å². The van der Waals surface area contributed by atoms with Crippen molar-refractivity contribution in [3.8, 4) is 5.75 Å². The van der Waals surface area contributed by atoms with Crippen molar-refractivity contribution in [2.24, 2.45) is 5.92 Å². The molecule has 3 aromatic rings. The van der Waals surface area contributed by atoms with Crippen LogP contribution in [0.5, 0.6) is 5.75 Å². The Morgan fingerprint density at radius 3 is 2.00 bits per heavy atom. The fourth-order valence-electron chi connectivity index (χ4n) is 4.66. The third kappa shape index (κ3) is 8.83. The van der Waals surface area contributed by atoms with E-state index in [0.29, 0.717) is 24.4 Å². The number of nitrogens with zero attached hydrogens (tertiary/aromatic N) is 2. The zero-order chi connectivity index (χ0) is 31.7. The van der Waals surface area contributed by atoms with Gasteiger partial charge in [-0.15, -0.1) is 0 Å². The van der Waals surface area contributed by atoms with Crippen molar-refractivity contribution in [3.63, 3.8) is 0 Å². The molecule has 0 saturated carbocycles. The quantitative estimate of drug-likeness (QED) is 0.246. The molecule has 2 amide bonds. The number of ether oxygens (including phenoxy) is 1. The van der Waals surface area contributed by atoms with E-state index < -0.39 is 28.5 Å². The first kappa shape index (κ1) is 33.6. The molecular formula is C34H45N3O5S. The van der Waals surface area contributed by atoms with Crippen molar-refractivity contribution >= 4 is 27.5 Å². The Morgan fingerprint density at radius 2 is 1.49 bits per heavy atom. The highest BCUT2D eigenvalue weighted by molar-refractivity contribution is 7.92. The summed E-state index contributed by atoms with van der Waals surface area (Å²) in [7, 11) is -2.54. The van der Waals surface area contributed by atoms with Crippen LogP contribution in [-0.4, -0.2) is 51.4 Å². The van der Waals surface area contributed by atoms with Crippen LogP contribution in [0.15, 0.2) is 77.7 Å². The van der Waals surface area contributed by atoms with Crippen LogP contribution >= 0.6 is 0 Å². The summed E-state index contributed by atoms with van der Waals surface area (Å²) in [5.41, 5.74) is 3.14. The maximum Gasteiger partial charge on any atom is 0.264 e. The number of amides is 2. The molecular weight excluding hydrogens is 562 g/mol. The summed E-state index contributed by atoms with van der Waals surface area (Å²) in [4.78, 5) is 29.2. The largest absolute Gasteiger partial charge is 0.497 e. The highest BCUT2D eigenvalue weighted by atomic mass is 32.2. The lowest BCUT2D eigenvalue weighted by Crippen LogP contribution is -2.52. The van der Waals surface area contributed by atoms with Crippen LogP contribution in [0, 0.1) is 12.8 Å². The van der Waals surface area contributed by atoms with E-state index in [1.54, 1.807) is 55.6 Å². The van der Waals surface area contributed by atoms with Crippen LogP contribution < -0.4 is 14.4 Å². The van der Waals surface area contributed by atoms with Gasteiger partial charge < -0.3 is 15.0 Å². The molecule has 0 aliphatic rings. The minimum absolute atomic E-state index is 0.0854. The van der Waals surface area contributed by atoms with Gasteiger partial charge in [-0.1, -0.05) is 76.6 Å². The predicted octanol–water partition coefficient (Wildman–Crippen LogP) is 5.90. The Bertz CT molecular complexity index is 1450. The second kappa shape index (κ2) is 15.0. The van der Waals surface area contributed by atoms with Crippen LogP contribution in [0.4, 0.5) is 5.69 Å². The van der Waals surface area contributed by atoms with Gasteiger partial charge in [-0.25, -0.2) is 8.42 Å². The number of anilines is 1. The fourth-order valence-corrected chi connectivity index (χ4v) is 6.08. The van der Waals surface area contributed by atoms with Crippen molar-refractivity contribution in [1.82, 2.24) is 10.2 Å². The lowest BCUT2D eigenvalue weighted by atomic mass is 10.0. The molecule has 1 N–H and O–H groups in total. The third-order valence-electron chi connectivity index (χ3n) is 7.32. The Hall–Kier alpha value is -3.85. The zero-order valence-electron chi connectivity index (χ0n) is 26.3. The van der Waals surface area contributed by atoms with Crippen LogP contribution in [0.25, 0.3) is 0 Å². The molecule has 9 heteroatoms. The van der Waals surface area contributed by atoms with Gasteiger partial charge in [0.05, 0.1) is 17.7 Å². The molecule has 0 radical (unpaired) electrons. The van der Waals surface area contributed by atoms with E-state index >= 15 is 0 Å². The minimum Gasteiger partial charge on any atom is -0.497 e. The van der Waals surface area contributed by atoms with Crippen molar-refractivity contribution in [1.29, 1.82) is 0 Å². The zero-order valence-corrected chi connectivity index (χ0v) is 27.1. The summed E-state index contributed by atoms with van der Waals surface area (Å²) in [6.45, 7) is 12.0. The number of hydrogen-bond donors (Lipinski definition) is 1. The third-order valence-corrected chi connectivity index (χ3v) is 9.11. The summed E-state index contributed by atoms with van der Waals surface area (Å²) in [5, 5.41) is 2.95. The van der Waals surface area contributed by atoms with Gasteiger partial charge in [0.25, 0.3) is 10.0 Å². The Labute approximate surface area is 257 Å². The number of rotatable bonds is 14. The molecule has 0 saturated heterocycles. The molecule has 3 aromatic carbocycles. The molecule has 0 spiro atoms. The smallest absolute Gasteiger partial charge is 0.264 e. The van der Waals surface area contributed by atoms with Gasteiger partial charge in [-0.2, -0.15) is 0 Å². The average Bonchev–Trinajstić information content (AvgIpc) is 2.99. The topological polar surface area (TPSA) is 96.0 Å². The second-order valence-corrected chi connectivity index (χ2v) is 13.4. The number of benzene rings is 3. The van der Waals surface area contributed by atoms with Gasteiger partial charge in [-0.05, 0) is 72.7 Å². The predicted molar refractivity (Wildman–Crippen MR) is 172 cm³/mol. The van der Waals surface area contributed by atoms with Crippen molar-refractivity contribution in [2.75, 3.05) is 24.5 Å². The van der Waals surface area contributed by atoms with Gasteiger partial charge in [0.2, 0.25) is 11.8 Å². The average molecular weight is 608 g/mol. The Kier molecular flexibility index (Phi) is 11.8. The van der Waals surface area contributed by atoms with Crippen molar-refractivity contribution < 1.29 is 22.7 Å². The number of aryl methyl sites for hydroxylation is 1. The van der Waals surface area contributed by atoms with E-state index in [1.807, 2.05) is 52.0 Å². The summed E-state index contributed by atoms with van der Waals surface area (Å²) in [5.74, 6) is 0.408. The number of nitrogens with one attached hydrogen (secondary N) is 1. The van der Waals surface area contributed by atoms with E-state index in [1.165, 1.54) is 4.90 Å². The molecule has 8 nitrogen and oxygen atoms in total. The normalized spacial score (nSPS) is 12.2. The molecule has 0 fully saturated rings.